The van der Waals surface area contributed by atoms with Gasteiger partial charge in [0.25, 0.3) is 0 Å². The van der Waals surface area contributed by atoms with Crippen molar-refractivity contribution in [1.29, 1.82) is 0 Å². The van der Waals surface area contributed by atoms with Crippen molar-refractivity contribution in [3.63, 3.8) is 0 Å². The molecule has 18 heavy (non-hydrogen) atoms. The molecule has 6 heteroatoms. The van der Waals surface area contributed by atoms with Gasteiger partial charge >= 0.3 is 6.36 Å². The summed E-state index contributed by atoms with van der Waals surface area (Å²) < 4.78 is 39.8. The Kier molecular flexibility index (Phi) is 3.47. The van der Waals surface area contributed by atoms with E-state index >= 15 is 0 Å². The molecule has 3 atom stereocenters. The van der Waals surface area contributed by atoms with Crippen LogP contribution in [0.5, 0.6) is 5.75 Å². The lowest BCUT2D eigenvalue weighted by Crippen LogP contribution is -2.19. The highest BCUT2D eigenvalue weighted by Crippen LogP contribution is 2.51. The molecule has 0 aromatic heterocycles. The van der Waals surface area contributed by atoms with Crippen LogP contribution in [-0.2, 0) is 0 Å². The Labute approximate surface area is 109 Å². The predicted octanol–water partition coefficient (Wildman–Crippen LogP) is 3.29. The van der Waals surface area contributed by atoms with Crippen molar-refractivity contribution < 1.29 is 17.9 Å². The summed E-state index contributed by atoms with van der Waals surface area (Å²) >= 11 is 0. The van der Waals surface area contributed by atoms with Crippen LogP contribution in [0.15, 0.2) is 24.3 Å². The van der Waals surface area contributed by atoms with Gasteiger partial charge in [-0.2, -0.15) is 0 Å². The van der Waals surface area contributed by atoms with Gasteiger partial charge in [0.1, 0.15) is 5.75 Å². The van der Waals surface area contributed by atoms with Crippen molar-refractivity contribution in [2.75, 3.05) is 6.54 Å². The van der Waals surface area contributed by atoms with Crippen LogP contribution >= 0.6 is 12.4 Å². The number of hydrogen-bond acceptors (Lipinski definition) is 2. The lowest BCUT2D eigenvalue weighted by Gasteiger charge is -2.14. The fraction of sp³-hybridized carbons (Fsp3) is 0.500. The molecule has 0 radical (unpaired) electrons. The number of alkyl halides is 3. The second-order valence-electron chi connectivity index (χ2n) is 4.66. The van der Waals surface area contributed by atoms with E-state index in [9.17, 15) is 13.2 Å². The number of fused-ring (bicyclic) bond motifs is 1. The highest BCUT2D eigenvalue weighted by Gasteiger charge is 2.48. The van der Waals surface area contributed by atoms with E-state index in [0.29, 0.717) is 12.0 Å². The van der Waals surface area contributed by atoms with Crippen molar-refractivity contribution >= 4 is 12.4 Å². The fourth-order valence-corrected chi connectivity index (χ4v) is 2.59. The first-order chi connectivity index (χ1) is 8.03. The maximum Gasteiger partial charge on any atom is 0.573 e. The number of hydrogen-bond donors (Lipinski definition) is 1. The van der Waals surface area contributed by atoms with Gasteiger partial charge in [0, 0.05) is 6.04 Å². The molecule has 1 saturated heterocycles. The summed E-state index contributed by atoms with van der Waals surface area (Å²) in [7, 11) is 0. The maximum absolute atomic E-state index is 12.0. The molecule has 0 amide bonds. The molecule has 2 nitrogen and oxygen atoms in total. The van der Waals surface area contributed by atoms with Gasteiger partial charge in [0.2, 0.25) is 0 Å². The Bertz CT molecular complexity index is 420. The molecule has 3 rings (SSSR count). The zero-order valence-electron chi connectivity index (χ0n) is 9.41. The SMILES string of the molecule is Cl.FC(F)(F)Oc1ccc([C@@H]2NC[C@@H]3C[C@@H]32)cc1. The van der Waals surface area contributed by atoms with Crippen LogP contribution in [0.3, 0.4) is 0 Å². The molecular weight excluding hydrogens is 267 g/mol. The van der Waals surface area contributed by atoms with Crippen LogP contribution in [0.4, 0.5) is 13.2 Å². The van der Waals surface area contributed by atoms with Gasteiger partial charge in [-0.15, -0.1) is 25.6 Å². The van der Waals surface area contributed by atoms with Gasteiger partial charge in [-0.05, 0) is 42.5 Å². The van der Waals surface area contributed by atoms with E-state index < -0.39 is 6.36 Å². The topological polar surface area (TPSA) is 21.3 Å². The van der Waals surface area contributed by atoms with Gasteiger partial charge in [-0.1, -0.05) is 12.1 Å². The molecule has 0 unspecified atom stereocenters. The minimum Gasteiger partial charge on any atom is -0.406 e. The molecule has 2 fully saturated rings. The third kappa shape index (κ3) is 2.72. The minimum atomic E-state index is -4.62. The number of benzene rings is 1. The van der Waals surface area contributed by atoms with Gasteiger partial charge in [-0.3, -0.25) is 0 Å². The van der Waals surface area contributed by atoms with Gasteiger partial charge < -0.3 is 10.1 Å². The molecule has 1 N–H and O–H groups in total. The lowest BCUT2D eigenvalue weighted by atomic mass is 10.0. The first-order valence-corrected chi connectivity index (χ1v) is 5.62. The van der Waals surface area contributed by atoms with Crippen LogP contribution in [0.25, 0.3) is 0 Å². The third-order valence-corrected chi connectivity index (χ3v) is 3.48. The summed E-state index contributed by atoms with van der Waals surface area (Å²) in [6, 6.07) is 6.47. The van der Waals surface area contributed by atoms with Crippen LogP contribution in [0.2, 0.25) is 0 Å². The quantitative estimate of drug-likeness (QED) is 0.897. The molecule has 2 aliphatic rings. The first-order valence-electron chi connectivity index (χ1n) is 5.62. The second-order valence-corrected chi connectivity index (χ2v) is 4.66. The summed E-state index contributed by atoms with van der Waals surface area (Å²) in [4.78, 5) is 0. The first kappa shape index (κ1) is 13.5. The summed E-state index contributed by atoms with van der Waals surface area (Å²) in [5.74, 6) is 1.28. The summed E-state index contributed by atoms with van der Waals surface area (Å²) in [6.45, 7) is 1.02. The van der Waals surface area contributed by atoms with E-state index in [4.69, 9.17) is 0 Å². The molecule has 1 aliphatic carbocycles. The smallest absolute Gasteiger partial charge is 0.406 e. The second kappa shape index (κ2) is 4.63. The van der Waals surface area contributed by atoms with Crippen LogP contribution < -0.4 is 10.1 Å². The zero-order chi connectivity index (χ0) is 12.0. The van der Waals surface area contributed by atoms with E-state index in [1.165, 1.54) is 18.6 Å². The minimum absolute atomic E-state index is 0. The van der Waals surface area contributed by atoms with Crippen molar-refractivity contribution in [3.05, 3.63) is 29.8 Å². The largest absolute Gasteiger partial charge is 0.573 e. The van der Waals surface area contributed by atoms with Crippen LogP contribution in [0.1, 0.15) is 18.0 Å². The number of halogens is 4. The lowest BCUT2D eigenvalue weighted by molar-refractivity contribution is -0.274. The predicted molar refractivity (Wildman–Crippen MR) is 62.7 cm³/mol. The maximum atomic E-state index is 12.0. The molecule has 1 aromatic rings. The Hall–Kier alpha value is -0.940. The summed E-state index contributed by atoms with van der Waals surface area (Å²) in [5.41, 5.74) is 1.05. The third-order valence-electron chi connectivity index (χ3n) is 3.48. The van der Waals surface area contributed by atoms with Crippen molar-refractivity contribution in [3.8, 4) is 5.75 Å². The van der Waals surface area contributed by atoms with Gasteiger partial charge in [-0.25, -0.2) is 0 Å². The normalized spacial score (nSPS) is 29.4. The molecule has 1 aliphatic heterocycles. The van der Waals surface area contributed by atoms with E-state index in [1.54, 1.807) is 12.1 Å². The monoisotopic (exact) mass is 279 g/mol. The standard InChI is InChI=1S/C12H12F3NO.ClH/c13-12(14,15)17-9-3-1-7(2-4-9)11-10-5-8(10)6-16-11;/h1-4,8,10-11,16H,5-6H2;1H/t8-,10-,11-;/m0./s1. The highest BCUT2D eigenvalue weighted by atomic mass is 35.5. The van der Waals surface area contributed by atoms with E-state index in [-0.39, 0.29) is 18.2 Å². The number of nitrogens with one attached hydrogen (secondary N) is 1. The van der Waals surface area contributed by atoms with Crippen LogP contribution in [0, 0.1) is 11.8 Å². The molecular formula is C12H13ClF3NO. The van der Waals surface area contributed by atoms with E-state index in [2.05, 4.69) is 10.1 Å². The average molecular weight is 280 g/mol. The number of piperidine rings is 1. The number of rotatable bonds is 2. The number of ether oxygens (including phenoxy) is 1. The molecule has 0 spiro atoms. The molecule has 1 saturated carbocycles. The molecule has 0 bridgehead atoms. The van der Waals surface area contributed by atoms with Crippen molar-refractivity contribution in [2.45, 2.75) is 18.8 Å². The Morgan fingerprint density at radius 2 is 1.83 bits per heavy atom. The summed E-state index contributed by atoms with van der Waals surface area (Å²) in [5, 5.41) is 3.38. The Balaban J connectivity index is 0.00000120. The molecule has 1 heterocycles. The average Bonchev–Trinajstić information content (AvgIpc) is 2.90. The van der Waals surface area contributed by atoms with Crippen molar-refractivity contribution in [1.82, 2.24) is 5.32 Å². The van der Waals surface area contributed by atoms with Gasteiger partial charge in [0.05, 0.1) is 0 Å². The van der Waals surface area contributed by atoms with E-state index in [0.717, 1.165) is 18.0 Å². The Morgan fingerprint density at radius 3 is 2.28 bits per heavy atom. The highest BCUT2D eigenvalue weighted by molar-refractivity contribution is 5.85. The Morgan fingerprint density at radius 1 is 1.17 bits per heavy atom. The van der Waals surface area contributed by atoms with E-state index in [1.807, 2.05) is 0 Å². The summed E-state index contributed by atoms with van der Waals surface area (Å²) in [6.07, 6.45) is -3.38. The zero-order valence-corrected chi connectivity index (χ0v) is 10.2. The van der Waals surface area contributed by atoms with Crippen LogP contribution in [-0.4, -0.2) is 12.9 Å². The molecule has 100 valence electrons. The molecule has 1 aromatic carbocycles. The fourth-order valence-electron chi connectivity index (χ4n) is 2.59. The van der Waals surface area contributed by atoms with Crippen molar-refractivity contribution in [2.24, 2.45) is 11.8 Å². The van der Waals surface area contributed by atoms with Gasteiger partial charge in [0.15, 0.2) is 0 Å².